The molecule has 1 aliphatic heterocycles. The minimum Gasteiger partial charge on any atom is -0.370 e. The maximum atomic E-state index is 13.1. The first-order chi connectivity index (χ1) is 13.3. The minimum atomic E-state index is -4.48. The average Bonchev–Trinajstić information content (AvgIpc) is 3.39. The zero-order chi connectivity index (χ0) is 19.9. The third-order valence-electron chi connectivity index (χ3n) is 5.18. The van der Waals surface area contributed by atoms with Crippen LogP contribution in [0.3, 0.4) is 0 Å². The topological polar surface area (TPSA) is 73.3 Å². The molecule has 146 valence electrons. The molecule has 2 aliphatic rings. The molecule has 8 heteroatoms. The molecule has 1 atom stereocenters. The number of halogens is 3. The highest BCUT2D eigenvalue weighted by Crippen LogP contribution is 2.43. The van der Waals surface area contributed by atoms with Gasteiger partial charge in [-0.1, -0.05) is 18.2 Å². The van der Waals surface area contributed by atoms with Crippen LogP contribution in [-0.2, 0) is 16.4 Å². The molecule has 2 N–H and O–H groups in total. The standard InChI is InChI=1S/C20H19F3N4O/c21-20(22,23)17-10-16(13-2-3-13)27(26-17)15-6-4-14(5-7-15)19(11-18(24)28)8-1-9-25-12-19/h1,4-10,13H,2-3,11-12H2,(H2,24,28). The van der Waals surface area contributed by atoms with E-state index in [1.54, 1.807) is 36.6 Å². The van der Waals surface area contributed by atoms with Crippen molar-refractivity contribution in [3.05, 3.63) is 59.4 Å². The van der Waals surface area contributed by atoms with Gasteiger partial charge in [-0.25, -0.2) is 4.68 Å². The van der Waals surface area contributed by atoms with Crippen LogP contribution in [0.4, 0.5) is 13.2 Å². The Morgan fingerprint density at radius 1 is 1.25 bits per heavy atom. The summed E-state index contributed by atoms with van der Waals surface area (Å²) in [7, 11) is 0. The summed E-state index contributed by atoms with van der Waals surface area (Å²) in [4.78, 5) is 15.8. The molecule has 1 amide bonds. The number of carbonyl (C=O) groups is 1. The zero-order valence-corrected chi connectivity index (χ0v) is 15.0. The molecule has 0 spiro atoms. The molecule has 28 heavy (non-hydrogen) atoms. The first kappa shape index (κ1) is 18.5. The van der Waals surface area contributed by atoms with Gasteiger partial charge in [-0.3, -0.25) is 9.79 Å². The summed E-state index contributed by atoms with van der Waals surface area (Å²) in [6, 6.07) is 8.19. The maximum Gasteiger partial charge on any atom is 0.435 e. The molecule has 0 bridgehead atoms. The predicted octanol–water partition coefficient (Wildman–Crippen LogP) is 3.52. The smallest absolute Gasteiger partial charge is 0.370 e. The summed E-state index contributed by atoms with van der Waals surface area (Å²) in [5.74, 6) is -0.330. The third kappa shape index (κ3) is 3.46. The van der Waals surface area contributed by atoms with Crippen molar-refractivity contribution in [2.24, 2.45) is 10.7 Å². The van der Waals surface area contributed by atoms with E-state index in [9.17, 15) is 18.0 Å². The molecule has 2 aromatic rings. The Kier molecular flexibility index (Phi) is 4.36. The average molecular weight is 388 g/mol. The van der Waals surface area contributed by atoms with E-state index < -0.39 is 23.2 Å². The van der Waals surface area contributed by atoms with Crippen LogP contribution in [0.5, 0.6) is 0 Å². The first-order valence-corrected chi connectivity index (χ1v) is 9.02. The van der Waals surface area contributed by atoms with Gasteiger partial charge in [0.15, 0.2) is 5.69 Å². The fourth-order valence-corrected chi connectivity index (χ4v) is 3.62. The highest BCUT2D eigenvalue weighted by atomic mass is 19.4. The molecule has 1 saturated carbocycles. The lowest BCUT2D eigenvalue weighted by Crippen LogP contribution is -2.34. The van der Waals surface area contributed by atoms with E-state index in [2.05, 4.69) is 10.1 Å². The second kappa shape index (κ2) is 6.61. The first-order valence-electron chi connectivity index (χ1n) is 9.02. The molecule has 2 heterocycles. The van der Waals surface area contributed by atoms with Gasteiger partial charge in [0.05, 0.1) is 12.2 Å². The Labute approximate surface area is 159 Å². The van der Waals surface area contributed by atoms with E-state index in [1.165, 1.54) is 4.68 Å². The van der Waals surface area contributed by atoms with Gasteiger partial charge >= 0.3 is 6.18 Å². The summed E-state index contributed by atoms with van der Waals surface area (Å²) in [6.07, 6.45) is 2.69. The minimum absolute atomic E-state index is 0.105. The van der Waals surface area contributed by atoms with Crippen LogP contribution in [0.25, 0.3) is 5.69 Å². The van der Waals surface area contributed by atoms with Gasteiger partial charge in [0.2, 0.25) is 5.91 Å². The number of primary amides is 1. The van der Waals surface area contributed by atoms with Crippen LogP contribution >= 0.6 is 0 Å². The van der Waals surface area contributed by atoms with Crippen LogP contribution in [0.2, 0.25) is 0 Å². The van der Waals surface area contributed by atoms with E-state index >= 15 is 0 Å². The number of allylic oxidation sites excluding steroid dienone is 1. The number of rotatable bonds is 5. The van der Waals surface area contributed by atoms with Crippen molar-refractivity contribution in [3.63, 3.8) is 0 Å². The predicted molar refractivity (Wildman–Crippen MR) is 98.5 cm³/mol. The fraction of sp³-hybridized carbons (Fsp3) is 0.350. The van der Waals surface area contributed by atoms with Gasteiger partial charge in [0.25, 0.3) is 0 Å². The van der Waals surface area contributed by atoms with Gasteiger partial charge in [-0.15, -0.1) is 0 Å². The van der Waals surface area contributed by atoms with Gasteiger partial charge < -0.3 is 5.73 Å². The van der Waals surface area contributed by atoms with Crippen molar-refractivity contribution in [2.45, 2.75) is 36.8 Å². The van der Waals surface area contributed by atoms with Crippen molar-refractivity contribution in [3.8, 4) is 5.69 Å². The summed E-state index contributed by atoms with van der Waals surface area (Å²) in [5, 5.41) is 3.80. The largest absolute Gasteiger partial charge is 0.435 e. The molecule has 1 aromatic heterocycles. The molecular weight excluding hydrogens is 369 g/mol. The van der Waals surface area contributed by atoms with E-state index in [1.807, 2.05) is 6.08 Å². The van der Waals surface area contributed by atoms with Crippen molar-refractivity contribution in [1.82, 2.24) is 9.78 Å². The van der Waals surface area contributed by atoms with Crippen molar-refractivity contribution in [2.75, 3.05) is 6.54 Å². The summed E-state index contributed by atoms with van der Waals surface area (Å²) < 4.78 is 40.7. The van der Waals surface area contributed by atoms with Gasteiger partial charge in [0.1, 0.15) is 0 Å². The quantitative estimate of drug-likeness (QED) is 0.851. The number of aliphatic imine (C=N–C) groups is 1. The maximum absolute atomic E-state index is 13.1. The van der Waals surface area contributed by atoms with E-state index in [4.69, 9.17) is 5.73 Å². The molecule has 1 unspecified atom stereocenters. The number of hydrogen-bond acceptors (Lipinski definition) is 3. The second-order valence-corrected chi connectivity index (χ2v) is 7.33. The number of dihydropyridines is 1. The lowest BCUT2D eigenvalue weighted by atomic mass is 9.76. The lowest BCUT2D eigenvalue weighted by Gasteiger charge is -2.30. The number of amides is 1. The highest BCUT2D eigenvalue weighted by molar-refractivity contribution is 5.79. The Hall–Kier alpha value is -2.90. The fourth-order valence-electron chi connectivity index (χ4n) is 3.62. The molecule has 4 rings (SSSR count). The van der Waals surface area contributed by atoms with Crippen molar-refractivity contribution in [1.29, 1.82) is 0 Å². The SMILES string of the molecule is NC(=O)CC1(c2ccc(-n3nc(C(F)(F)F)cc3C3CC3)cc2)C=CC=NC1. The summed E-state index contributed by atoms with van der Waals surface area (Å²) in [5.41, 5.74) is 5.87. The number of alkyl halides is 3. The van der Waals surface area contributed by atoms with Gasteiger partial charge in [0, 0.05) is 29.7 Å². The summed E-state index contributed by atoms with van der Waals surface area (Å²) >= 11 is 0. The van der Waals surface area contributed by atoms with Crippen molar-refractivity contribution >= 4 is 12.1 Å². The number of nitrogens with zero attached hydrogens (tertiary/aromatic N) is 3. The zero-order valence-electron chi connectivity index (χ0n) is 15.0. The second-order valence-electron chi connectivity index (χ2n) is 7.33. The molecule has 0 saturated heterocycles. The number of carbonyl (C=O) groups excluding carboxylic acids is 1. The Bertz CT molecular complexity index is 955. The van der Waals surface area contributed by atoms with E-state index in [-0.39, 0.29) is 12.3 Å². The van der Waals surface area contributed by atoms with Gasteiger partial charge in [-0.2, -0.15) is 18.3 Å². The molecule has 1 fully saturated rings. The molecule has 0 radical (unpaired) electrons. The van der Waals surface area contributed by atoms with Crippen LogP contribution in [0.15, 0.2) is 47.5 Å². The summed E-state index contributed by atoms with van der Waals surface area (Å²) in [6.45, 7) is 0.388. The number of nitrogens with two attached hydrogens (primary N) is 1. The van der Waals surface area contributed by atoms with Crippen LogP contribution in [0, 0.1) is 0 Å². The molecule has 5 nitrogen and oxygen atoms in total. The monoisotopic (exact) mass is 388 g/mol. The van der Waals surface area contributed by atoms with E-state index in [0.717, 1.165) is 24.5 Å². The van der Waals surface area contributed by atoms with Crippen LogP contribution in [-0.4, -0.2) is 28.4 Å². The van der Waals surface area contributed by atoms with Crippen LogP contribution < -0.4 is 5.73 Å². The van der Waals surface area contributed by atoms with E-state index in [0.29, 0.717) is 17.9 Å². The lowest BCUT2D eigenvalue weighted by molar-refractivity contribution is -0.141. The molecule has 1 aromatic carbocycles. The number of aromatic nitrogens is 2. The van der Waals surface area contributed by atoms with Crippen molar-refractivity contribution < 1.29 is 18.0 Å². The third-order valence-corrected chi connectivity index (χ3v) is 5.18. The molecular formula is C20H19F3N4O. The highest BCUT2D eigenvalue weighted by Gasteiger charge is 2.38. The van der Waals surface area contributed by atoms with Gasteiger partial charge in [-0.05, 0) is 42.7 Å². The Morgan fingerprint density at radius 2 is 1.96 bits per heavy atom. The molecule has 1 aliphatic carbocycles. The number of hydrogen-bond donors (Lipinski definition) is 1. The number of benzene rings is 1. The normalized spacial score (nSPS) is 21.8. The van der Waals surface area contributed by atoms with Crippen LogP contribution in [0.1, 0.15) is 42.1 Å². The Morgan fingerprint density at radius 3 is 2.50 bits per heavy atom. The Balaban J connectivity index is 1.70.